The molecule has 1 aliphatic heterocycles. The van der Waals surface area contributed by atoms with Crippen molar-refractivity contribution in [2.24, 2.45) is 0 Å². The number of benzene rings is 1. The molecule has 1 aromatic heterocycles. The number of rotatable bonds is 6. The number of carbonyl (C=O) groups excluding carboxylic acids is 1. The minimum absolute atomic E-state index is 0.0469. The fourth-order valence-electron chi connectivity index (χ4n) is 3.46. The van der Waals surface area contributed by atoms with Crippen molar-refractivity contribution in [3.8, 4) is 6.07 Å². The zero-order chi connectivity index (χ0) is 18.4. The van der Waals surface area contributed by atoms with Gasteiger partial charge in [0.15, 0.2) is 0 Å². The zero-order valence-corrected chi connectivity index (χ0v) is 15.0. The number of aromatic nitrogens is 3. The molecule has 1 fully saturated rings. The predicted octanol–water partition coefficient (Wildman–Crippen LogP) is 2.25. The number of likely N-dealkylation sites (tertiary alicyclic amines) is 1. The molecule has 26 heavy (non-hydrogen) atoms. The number of para-hydroxylation sites is 1. The van der Waals surface area contributed by atoms with Gasteiger partial charge in [0, 0.05) is 25.3 Å². The van der Waals surface area contributed by atoms with Crippen molar-refractivity contribution in [3.05, 3.63) is 43.0 Å². The molecule has 0 spiro atoms. The van der Waals surface area contributed by atoms with Crippen molar-refractivity contribution in [2.45, 2.75) is 38.3 Å². The van der Waals surface area contributed by atoms with Crippen LogP contribution in [0.5, 0.6) is 0 Å². The van der Waals surface area contributed by atoms with E-state index in [4.69, 9.17) is 5.26 Å². The molecule has 0 saturated carbocycles. The Morgan fingerprint density at radius 2 is 2.08 bits per heavy atom. The van der Waals surface area contributed by atoms with Gasteiger partial charge in [0.1, 0.15) is 12.7 Å². The maximum Gasteiger partial charge on any atom is 0.244 e. The standard InChI is InChI=1S/C19H24N6O/c1-16(23-12-8-18(9-13-23)25-15-21-14-22-25)19(26)24(11-5-10-20)17-6-3-2-4-7-17/h2-4,6-7,14-16,18H,5,8-9,11-13H2,1H3. The van der Waals surface area contributed by atoms with Gasteiger partial charge in [-0.1, -0.05) is 18.2 Å². The number of hydrogen-bond donors (Lipinski definition) is 0. The van der Waals surface area contributed by atoms with Crippen LogP contribution in [0.2, 0.25) is 0 Å². The van der Waals surface area contributed by atoms with Gasteiger partial charge in [-0.15, -0.1) is 0 Å². The average molecular weight is 352 g/mol. The number of amides is 1. The largest absolute Gasteiger partial charge is 0.310 e. The maximum absolute atomic E-state index is 13.1. The van der Waals surface area contributed by atoms with E-state index in [0.717, 1.165) is 31.6 Å². The topological polar surface area (TPSA) is 78.0 Å². The highest BCUT2D eigenvalue weighted by atomic mass is 16.2. The van der Waals surface area contributed by atoms with Crippen LogP contribution in [0.3, 0.4) is 0 Å². The molecule has 1 atom stereocenters. The van der Waals surface area contributed by atoms with Crippen molar-refractivity contribution in [2.75, 3.05) is 24.5 Å². The first-order valence-corrected chi connectivity index (χ1v) is 9.02. The van der Waals surface area contributed by atoms with Gasteiger partial charge in [0.05, 0.1) is 24.6 Å². The molecule has 0 aliphatic carbocycles. The first kappa shape index (κ1) is 18.1. The van der Waals surface area contributed by atoms with E-state index in [1.165, 1.54) is 0 Å². The van der Waals surface area contributed by atoms with Crippen LogP contribution in [0, 0.1) is 11.3 Å². The van der Waals surface area contributed by atoms with E-state index >= 15 is 0 Å². The number of nitrogens with zero attached hydrogens (tertiary/aromatic N) is 6. The van der Waals surface area contributed by atoms with E-state index in [9.17, 15) is 4.79 Å². The van der Waals surface area contributed by atoms with Crippen molar-refractivity contribution in [1.29, 1.82) is 5.26 Å². The van der Waals surface area contributed by atoms with E-state index in [-0.39, 0.29) is 11.9 Å². The second-order valence-corrected chi connectivity index (χ2v) is 6.55. The van der Waals surface area contributed by atoms with Gasteiger partial charge in [-0.2, -0.15) is 10.4 Å². The number of anilines is 1. The van der Waals surface area contributed by atoms with Crippen LogP contribution in [0.25, 0.3) is 0 Å². The Balaban J connectivity index is 1.64. The lowest BCUT2D eigenvalue weighted by Gasteiger charge is -2.37. The lowest BCUT2D eigenvalue weighted by atomic mass is 10.0. The van der Waals surface area contributed by atoms with Gasteiger partial charge in [-0.05, 0) is 31.9 Å². The Morgan fingerprint density at radius 3 is 2.69 bits per heavy atom. The fraction of sp³-hybridized carbons (Fsp3) is 0.474. The maximum atomic E-state index is 13.1. The molecule has 1 unspecified atom stereocenters. The molecule has 136 valence electrons. The summed E-state index contributed by atoms with van der Waals surface area (Å²) in [5.41, 5.74) is 0.845. The fourth-order valence-corrected chi connectivity index (χ4v) is 3.46. The molecular weight excluding hydrogens is 328 g/mol. The molecule has 0 radical (unpaired) electrons. The van der Waals surface area contributed by atoms with Crippen LogP contribution in [-0.2, 0) is 4.79 Å². The zero-order valence-electron chi connectivity index (χ0n) is 15.0. The molecule has 1 aliphatic rings. The Labute approximate surface area is 153 Å². The van der Waals surface area contributed by atoms with E-state index in [2.05, 4.69) is 21.1 Å². The van der Waals surface area contributed by atoms with E-state index in [1.807, 2.05) is 41.9 Å². The van der Waals surface area contributed by atoms with Gasteiger partial charge in [-0.25, -0.2) is 9.67 Å². The lowest BCUT2D eigenvalue weighted by Crippen LogP contribution is -2.50. The summed E-state index contributed by atoms with van der Waals surface area (Å²) in [6.45, 7) is 4.07. The number of hydrogen-bond acceptors (Lipinski definition) is 5. The molecule has 0 N–H and O–H groups in total. The van der Waals surface area contributed by atoms with Crippen molar-refractivity contribution < 1.29 is 4.79 Å². The number of nitriles is 1. The highest BCUT2D eigenvalue weighted by molar-refractivity contribution is 5.96. The summed E-state index contributed by atoms with van der Waals surface area (Å²) in [5, 5.41) is 13.2. The molecule has 1 saturated heterocycles. The summed E-state index contributed by atoms with van der Waals surface area (Å²) in [6, 6.07) is 11.9. The average Bonchev–Trinajstić information content (AvgIpc) is 3.23. The summed E-state index contributed by atoms with van der Waals surface area (Å²) >= 11 is 0. The van der Waals surface area contributed by atoms with E-state index < -0.39 is 0 Å². The molecule has 1 amide bonds. The van der Waals surface area contributed by atoms with Gasteiger partial charge in [0.25, 0.3) is 0 Å². The minimum Gasteiger partial charge on any atom is -0.310 e. The van der Waals surface area contributed by atoms with E-state index in [0.29, 0.717) is 19.0 Å². The molecule has 7 nitrogen and oxygen atoms in total. The van der Waals surface area contributed by atoms with Crippen LogP contribution < -0.4 is 4.90 Å². The van der Waals surface area contributed by atoms with Crippen LogP contribution in [0.1, 0.15) is 32.2 Å². The highest BCUT2D eigenvalue weighted by Gasteiger charge is 2.30. The Hall–Kier alpha value is -2.72. The Bertz CT molecular complexity index is 731. The van der Waals surface area contributed by atoms with Gasteiger partial charge in [-0.3, -0.25) is 9.69 Å². The number of carbonyl (C=O) groups is 1. The van der Waals surface area contributed by atoms with Crippen molar-refractivity contribution in [3.63, 3.8) is 0 Å². The van der Waals surface area contributed by atoms with E-state index in [1.54, 1.807) is 17.6 Å². The third-order valence-electron chi connectivity index (χ3n) is 5.00. The van der Waals surface area contributed by atoms with Crippen LogP contribution in [0.4, 0.5) is 5.69 Å². The molecular formula is C19H24N6O. The lowest BCUT2D eigenvalue weighted by molar-refractivity contribution is -0.123. The summed E-state index contributed by atoms with van der Waals surface area (Å²) in [5.74, 6) is 0.0469. The van der Waals surface area contributed by atoms with Gasteiger partial charge >= 0.3 is 0 Å². The summed E-state index contributed by atoms with van der Waals surface area (Å²) < 4.78 is 1.91. The molecule has 3 rings (SSSR count). The SMILES string of the molecule is CC(C(=O)N(CCC#N)c1ccccc1)N1CCC(n2cncn2)CC1. The Kier molecular flexibility index (Phi) is 5.97. The molecule has 0 bridgehead atoms. The molecule has 7 heteroatoms. The van der Waals surface area contributed by atoms with Crippen molar-refractivity contribution >= 4 is 11.6 Å². The smallest absolute Gasteiger partial charge is 0.244 e. The molecule has 1 aromatic carbocycles. The Morgan fingerprint density at radius 1 is 1.35 bits per heavy atom. The summed E-state index contributed by atoms with van der Waals surface area (Å²) in [6.07, 6.45) is 5.54. The molecule has 2 aromatic rings. The first-order valence-electron chi connectivity index (χ1n) is 9.02. The monoisotopic (exact) mass is 352 g/mol. The normalized spacial score (nSPS) is 16.8. The minimum atomic E-state index is -0.217. The first-order chi connectivity index (χ1) is 12.7. The quantitative estimate of drug-likeness (QED) is 0.797. The van der Waals surface area contributed by atoms with Gasteiger partial charge < -0.3 is 4.90 Å². The second kappa shape index (κ2) is 8.59. The third kappa shape index (κ3) is 4.09. The van der Waals surface area contributed by atoms with Crippen molar-refractivity contribution in [1.82, 2.24) is 19.7 Å². The van der Waals surface area contributed by atoms with Crippen LogP contribution in [0.15, 0.2) is 43.0 Å². The highest BCUT2D eigenvalue weighted by Crippen LogP contribution is 2.24. The predicted molar refractivity (Wildman–Crippen MR) is 98.4 cm³/mol. The third-order valence-corrected chi connectivity index (χ3v) is 5.00. The van der Waals surface area contributed by atoms with Crippen LogP contribution >= 0.6 is 0 Å². The number of piperidine rings is 1. The van der Waals surface area contributed by atoms with Gasteiger partial charge in [0.2, 0.25) is 5.91 Å². The summed E-state index contributed by atoms with van der Waals surface area (Å²) in [4.78, 5) is 21.1. The molecule has 2 heterocycles. The summed E-state index contributed by atoms with van der Waals surface area (Å²) in [7, 11) is 0. The second-order valence-electron chi connectivity index (χ2n) is 6.55. The van der Waals surface area contributed by atoms with Crippen LogP contribution in [-0.4, -0.2) is 51.2 Å².